The normalized spacial score (nSPS) is 8.89. The number of nitrogens with zero attached hydrogens (tertiary/aromatic N) is 14. The van der Waals surface area contributed by atoms with Crippen LogP contribution in [0.3, 0.4) is 0 Å². The standard InChI is InChI=1S/C7H8NO2S.4C6H7N2O2S.C6H5.C5H6N3O2S.2C5H4N.3C4H3N2.6B.6Y/c1-11(9,10)8-7-5-3-2-4-6-7;4*1-11(9,10)8-6-4-2-3-5-7-6;1-2-4-6-5-3-1;1-11(9,10)8-5-2-3-6-4-7-5;2*1-2-4-6-5-3-1;2*1-2-5-4-6-3-1;1-2-4-6-5-3-1;;;;;;;;;;;;/h2-5,8H,1H3;4*2-3,5H,1H3,(H,7,8);1-5H;3-4H,1H3,(H,6,7,8);1-2,4-5H;1-4H;2-4H;1-2,4H;1,3-4H;;;;;;;;;;;;/q12*-1;;;;;;;;;;;;. The number of para-hydroxylation sites is 1. The molecule has 0 saturated heterocycles. The molecule has 0 saturated carbocycles. The van der Waals surface area contributed by atoms with Crippen LogP contribution < -0.4 is 28.3 Å². The fourth-order valence-corrected chi connectivity index (χ4v) is 7.78. The van der Waals surface area contributed by atoms with Gasteiger partial charge in [0.25, 0.3) is 0 Å². The number of anilines is 6. The first-order chi connectivity index (χ1) is 48.5. The molecule has 32 nitrogen and oxygen atoms in total. The van der Waals surface area contributed by atoms with Crippen molar-refractivity contribution in [3.8, 4) is 0 Å². The van der Waals surface area contributed by atoms with Gasteiger partial charge in [-0.1, -0.05) is 67.7 Å². The number of pyridine rings is 6. The van der Waals surface area contributed by atoms with Crippen LogP contribution in [0.4, 0.5) is 34.8 Å². The SMILES string of the molecule is CS(=O)(=O)Nc1[c-]cccc1.CS(=O)(=O)Nc1[c-]cccn1.CS(=O)(=O)Nc1[c-]cccn1.CS(=O)(=O)Nc1[c-]cccn1.CS(=O)(=O)Nc1[c-]cccn1.CS(=O)(=O)Nc1[c-]cncn1.[B].[B].[B].[B].[B].[B].[Y].[Y].[Y].[Y].[Y].[Y].[c-]1ccccc1.[c-]1ccccn1.[c-]1cccnc1.[c-]1ccncn1.[c-]1ccnnc1.[c-]1cncnc1. The van der Waals surface area contributed by atoms with Gasteiger partial charge < -0.3 is 41.5 Å². The van der Waals surface area contributed by atoms with Crippen molar-refractivity contribution in [1.82, 2.24) is 70.0 Å². The molecule has 0 spiro atoms. The van der Waals surface area contributed by atoms with Crippen LogP contribution in [-0.2, 0) is 256 Å². The number of nitrogens with one attached hydrogen (secondary N) is 6. The first-order valence-corrected chi connectivity index (χ1v) is 38.9. The number of benzene rings is 2. The van der Waals surface area contributed by atoms with Gasteiger partial charge in [-0.3, -0.25) is 63.9 Å². The van der Waals surface area contributed by atoms with Crippen molar-refractivity contribution in [3.63, 3.8) is 0 Å². The summed E-state index contributed by atoms with van der Waals surface area (Å²) in [5.41, 5.74) is 0.468. The van der Waals surface area contributed by atoms with Crippen molar-refractivity contribution in [2.45, 2.75) is 0 Å². The van der Waals surface area contributed by atoms with Gasteiger partial charge in [-0.05, 0) is 18.3 Å². The van der Waals surface area contributed by atoms with E-state index < -0.39 is 60.1 Å². The monoisotopic (exact) mass is 2100 g/mol. The molecular weight excluding hydrogens is 2030 g/mol. The maximum absolute atomic E-state index is 10.7. The summed E-state index contributed by atoms with van der Waals surface area (Å²) in [6.07, 6.45) is 36.0. The molecule has 0 aliphatic rings. The van der Waals surface area contributed by atoms with Crippen LogP contribution in [0.25, 0.3) is 0 Å². The van der Waals surface area contributed by atoms with E-state index in [1.807, 2.05) is 54.6 Å². The Morgan fingerprint density at radius 3 is 0.807 bits per heavy atom. The Hall–Kier alpha value is -4.83. The molecule has 50 heteroatoms. The fourth-order valence-electron chi connectivity index (χ4n) is 4.94. The molecule has 0 unspecified atom stereocenters. The summed E-state index contributed by atoms with van der Waals surface area (Å²) >= 11 is 0. The summed E-state index contributed by atoms with van der Waals surface area (Å²) in [6.45, 7) is 0. The van der Waals surface area contributed by atoms with Crippen LogP contribution in [0.2, 0.25) is 0 Å². The van der Waals surface area contributed by atoms with Crippen molar-refractivity contribution >= 4 is 145 Å². The van der Waals surface area contributed by atoms with Gasteiger partial charge in [0.15, 0.2) is 0 Å². The van der Waals surface area contributed by atoms with Crippen LogP contribution in [0, 0.1) is 73.1 Å². The van der Waals surface area contributed by atoms with Gasteiger partial charge in [0.1, 0.15) is 12.7 Å². The molecular formula is C64H64B6N20O12S6Y6-12. The summed E-state index contributed by atoms with van der Waals surface area (Å²) in [7, 11) is -19.3. The van der Waals surface area contributed by atoms with E-state index in [1.165, 1.54) is 56.2 Å². The van der Waals surface area contributed by atoms with Crippen molar-refractivity contribution < 1.29 is 247 Å². The Kier molecular flexibility index (Phi) is 100. The molecule has 12 rings (SSSR count). The number of sulfonamides is 6. The van der Waals surface area contributed by atoms with Gasteiger partial charge in [-0.2, -0.15) is 114 Å². The van der Waals surface area contributed by atoms with Gasteiger partial charge in [0.05, 0.1) is 37.5 Å². The van der Waals surface area contributed by atoms with E-state index in [0.29, 0.717) is 5.69 Å². The second kappa shape index (κ2) is 84.6. The molecule has 24 radical (unpaired) electrons. The minimum Gasteiger partial charge on any atom is -0.434 e. The average molecular weight is 2100 g/mol. The number of aromatic nitrogens is 14. The third-order valence-corrected chi connectivity index (χ3v) is 11.7. The molecule has 6 N–H and O–H groups in total. The zero-order valence-electron chi connectivity index (χ0n) is 61.6. The topological polar surface area (TPSA) is 457 Å². The molecule has 114 heavy (non-hydrogen) atoms. The van der Waals surface area contributed by atoms with Gasteiger partial charge >= 0.3 is 0 Å². The minimum atomic E-state index is -3.25. The molecule has 0 bridgehead atoms. The molecule has 12 aromatic rings. The van der Waals surface area contributed by atoms with Gasteiger partial charge in [-0.15, -0.1) is 36.9 Å². The van der Waals surface area contributed by atoms with E-state index in [9.17, 15) is 50.5 Å². The van der Waals surface area contributed by atoms with Crippen LogP contribution in [-0.4, -0.2) is 209 Å². The third kappa shape index (κ3) is 101. The summed E-state index contributed by atoms with van der Waals surface area (Å²) in [6, 6.07) is 68.7. The summed E-state index contributed by atoms with van der Waals surface area (Å²) < 4.78 is 141. The third-order valence-electron chi connectivity index (χ3n) is 8.31. The molecule has 10 aromatic heterocycles. The van der Waals surface area contributed by atoms with E-state index >= 15 is 0 Å². The van der Waals surface area contributed by atoms with Crippen LogP contribution in [0.5, 0.6) is 0 Å². The smallest absolute Gasteiger partial charge is 0.229 e. The van der Waals surface area contributed by atoms with E-state index in [4.69, 9.17) is 0 Å². The maximum Gasteiger partial charge on any atom is 0.229 e. The zero-order valence-corrected chi connectivity index (χ0v) is 83.6. The molecule has 0 atom stereocenters. The van der Waals surface area contributed by atoms with Gasteiger partial charge in [0.2, 0.25) is 60.1 Å². The average Bonchev–Trinajstić information content (AvgIpc) is 0.947. The predicted molar refractivity (Wildman–Crippen MR) is 418 cm³/mol. The summed E-state index contributed by atoms with van der Waals surface area (Å²) in [5.74, 6) is 1.03. The van der Waals surface area contributed by atoms with Crippen molar-refractivity contribution in [1.29, 1.82) is 0 Å². The molecule has 0 fully saturated rings. The van der Waals surface area contributed by atoms with E-state index in [2.05, 4.69) is 171 Å². The van der Waals surface area contributed by atoms with Crippen molar-refractivity contribution in [2.75, 3.05) is 65.9 Å². The Morgan fingerprint density at radius 2 is 0.632 bits per heavy atom. The second-order valence-corrected chi connectivity index (χ2v) is 28.1. The van der Waals surface area contributed by atoms with Crippen LogP contribution in [0.1, 0.15) is 0 Å². The first kappa shape index (κ1) is 135. The van der Waals surface area contributed by atoms with Gasteiger partial charge in [-0.25, -0.2) is 123 Å². The number of hydrogen-bond donors (Lipinski definition) is 6. The van der Waals surface area contributed by atoms with E-state index in [0.717, 1.165) is 37.5 Å². The Morgan fingerprint density at radius 1 is 0.254 bits per heavy atom. The van der Waals surface area contributed by atoms with Crippen LogP contribution >= 0.6 is 0 Å². The Balaban J connectivity index is -0.0000000994. The first-order valence-electron chi connectivity index (χ1n) is 27.6. The predicted octanol–water partition coefficient (Wildman–Crippen LogP) is 3.30. The van der Waals surface area contributed by atoms with E-state index in [-0.39, 0.29) is 276 Å². The molecule has 0 aliphatic carbocycles. The molecule has 10 heterocycles. The number of rotatable bonds is 12. The fraction of sp³-hybridized carbons (Fsp3) is 0.0938. The largest absolute Gasteiger partial charge is 0.434 e. The molecule has 576 valence electrons. The Labute approximate surface area is 833 Å². The summed E-state index contributed by atoms with van der Waals surface area (Å²) in [5, 5.41) is 6.98. The zero-order chi connectivity index (χ0) is 75.4. The van der Waals surface area contributed by atoms with Crippen molar-refractivity contribution in [2.24, 2.45) is 0 Å². The maximum atomic E-state index is 10.7. The molecule has 0 amide bonds. The summed E-state index contributed by atoms with van der Waals surface area (Å²) in [4.78, 5) is 43.9. The van der Waals surface area contributed by atoms with Gasteiger partial charge in [0, 0.05) is 270 Å². The van der Waals surface area contributed by atoms with Crippen LogP contribution in [0.15, 0.2) is 245 Å². The van der Waals surface area contributed by atoms with E-state index in [1.54, 1.807) is 134 Å². The Bertz CT molecular complexity index is 3780. The molecule has 2 aromatic carbocycles. The van der Waals surface area contributed by atoms with Crippen molar-refractivity contribution in [3.05, 3.63) is 318 Å². The molecule has 0 aliphatic heterocycles. The number of hydrogen-bond acceptors (Lipinski definition) is 26. The minimum absolute atomic E-state index is 0. The second-order valence-electron chi connectivity index (χ2n) is 17.6. The quantitative estimate of drug-likeness (QED) is 0.0754.